The fourth-order valence-electron chi connectivity index (χ4n) is 5.87. The molecule has 0 aliphatic carbocycles. The number of carbonyl (C=O) groups is 1. The fraction of sp³-hybridized carbons (Fsp3) is 0.469. The topological polar surface area (TPSA) is 85.9 Å². The van der Waals surface area contributed by atoms with Crippen molar-refractivity contribution in [2.45, 2.75) is 32.8 Å². The second kappa shape index (κ2) is 13.0. The summed E-state index contributed by atoms with van der Waals surface area (Å²) in [6, 6.07) is 18.1. The smallest absolute Gasteiger partial charge is 0.253 e. The van der Waals surface area contributed by atoms with Crippen LogP contribution in [-0.4, -0.2) is 91.7 Å². The largest absolute Gasteiger partial charge is 0.369 e. The van der Waals surface area contributed by atoms with Crippen LogP contribution in [0.5, 0.6) is 0 Å². The molecule has 2 aromatic carbocycles. The molecule has 2 fully saturated rings. The first-order chi connectivity index (χ1) is 19.7. The van der Waals surface area contributed by atoms with E-state index in [9.17, 15) is 4.79 Å². The molecule has 0 radical (unpaired) electrons. The highest BCUT2D eigenvalue weighted by Gasteiger charge is 2.26. The van der Waals surface area contributed by atoms with Crippen LogP contribution >= 0.6 is 0 Å². The van der Waals surface area contributed by atoms with Crippen LogP contribution in [0, 0.1) is 5.41 Å². The van der Waals surface area contributed by atoms with Gasteiger partial charge in [0, 0.05) is 74.7 Å². The molecule has 3 aromatic rings. The summed E-state index contributed by atoms with van der Waals surface area (Å²) in [7, 11) is 4.30. The van der Waals surface area contributed by atoms with Crippen LogP contribution in [0.3, 0.4) is 0 Å². The van der Waals surface area contributed by atoms with E-state index in [1.165, 1.54) is 5.69 Å². The van der Waals surface area contributed by atoms with Crippen molar-refractivity contribution >= 4 is 28.9 Å². The van der Waals surface area contributed by atoms with Gasteiger partial charge >= 0.3 is 0 Å². The van der Waals surface area contributed by atoms with Gasteiger partial charge in [-0.1, -0.05) is 26.0 Å². The molecule has 2 aliphatic rings. The minimum Gasteiger partial charge on any atom is -0.369 e. The summed E-state index contributed by atoms with van der Waals surface area (Å²) in [5.74, 6) is 0.455. The lowest BCUT2D eigenvalue weighted by Crippen LogP contribution is -2.50. The SMILES string of the molecule is CN(C)CC(C)(C)CN1CCN(c2ccc(Nc3nccc(-c4ccc(NC(=O)[C@H]5CCCO5)cc4)n3)cc2)CC1. The van der Waals surface area contributed by atoms with Gasteiger partial charge in [0.2, 0.25) is 5.95 Å². The quantitative estimate of drug-likeness (QED) is 0.371. The molecule has 1 amide bonds. The molecule has 5 rings (SSSR count). The Balaban J connectivity index is 1.14. The zero-order valence-corrected chi connectivity index (χ0v) is 24.8. The first-order valence-electron chi connectivity index (χ1n) is 14.6. The highest BCUT2D eigenvalue weighted by Crippen LogP contribution is 2.25. The monoisotopic (exact) mass is 557 g/mol. The Kier molecular flexibility index (Phi) is 9.17. The third-order valence-electron chi connectivity index (χ3n) is 7.58. The van der Waals surface area contributed by atoms with Crippen LogP contribution < -0.4 is 15.5 Å². The Morgan fingerprint density at radius 2 is 1.71 bits per heavy atom. The van der Waals surface area contributed by atoms with Gasteiger partial charge < -0.3 is 25.2 Å². The standard InChI is InChI=1S/C32H43N7O2/c1-32(2,22-37(3)4)23-38-17-19-39(20-18-38)27-13-11-26(12-14-27)35-31-33-16-15-28(36-31)24-7-9-25(10-8-24)34-30(40)29-6-5-21-41-29/h7-16,29H,5-6,17-23H2,1-4H3,(H,34,40)(H,33,35,36)/t29-/m1/s1. The number of ether oxygens (including phenoxy) is 1. The number of anilines is 4. The number of carbonyl (C=O) groups excluding carboxylic acids is 1. The molecule has 9 nitrogen and oxygen atoms in total. The highest BCUT2D eigenvalue weighted by molar-refractivity contribution is 5.94. The van der Waals surface area contributed by atoms with Crippen molar-refractivity contribution in [3.05, 3.63) is 60.8 Å². The second-order valence-corrected chi connectivity index (χ2v) is 12.2. The van der Waals surface area contributed by atoms with Crippen molar-refractivity contribution in [1.82, 2.24) is 19.8 Å². The Hall–Kier alpha value is -3.53. The molecule has 9 heteroatoms. The van der Waals surface area contributed by atoms with E-state index in [0.717, 1.165) is 74.7 Å². The van der Waals surface area contributed by atoms with Crippen LogP contribution in [0.2, 0.25) is 0 Å². The van der Waals surface area contributed by atoms with Crippen LogP contribution in [0.1, 0.15) is 26.7 Å². The second-order valence-electron chi connectivity index (χ2n) is 12.2. The maximum absolute atomic E-state index is 12.3. The zero-order valence-electron chi connectivity index (χ0n) is 24.8. The van der Waals surface area contributed by atoms with Crippen molar-refractivity contribution < 1.29 is 9.53 Å². The molecule has 218 valence electrons. The van der Waals surface area contributed by atoms with E-state index in [0.29, 0.717) is 12.6 Å². The number of amides is 1. The van der Waals surface area contributed by atoms with Gasteiger partial charge in [-0.25, -0.2) is 9.97 Å². The van der Waals surface area contributed by atoms with Gasteiger partial charge in [0.15, 0.2) is 0 Å². The minimum atomic E-state index is -0.347. The number of hydrogen-bond donors (Lipinski definition) is 2. The number of hydrogen-bond acceptors (Lipinski definition) is 8. The van der Waals surface area contributed by atoms with Crippen LogP contribution in [0.25, 0.3) is 11.3 Å². The van der Waals surface area contributed by atoms with Gasteiger partial charge in [-0.3, -0.25) is 9.69 Å². The van der Waals surface area contributed by atoms with Gasteiger partial charge in [-0.15, -0.1) is 0 Å². The lowest BCUT2D eigenvalue weighted by molar-refractivity contribution is -0.124. The molecule has 0 saturated carbocycles. The van der Waals surface area contributed by atoms with E-state index in [4.69, 9.17) is 9.72 Å². The molecule has 1 atom stereocenters. The summed E-state index contributed by atoms with van der Waals surface area (Å²) < 4.78 is 5.47. The summed E-state index contributed by atoms with van der Waals surface area (Å²) in [5.41, 5.74) is 4.97. The van der Waals surface area contributed by atoms with E-state index < -0.39 is 0 Å². The Labute approximate surface area is 243 Å². The fourth-order valence-corrected chi connectivity index (χ4v) is 5.87. The third kappa shape index (κ3) is 8.03. The lowest BCUT2D eigenvalue weighted by atomic mass is 9.92. The Morgan fingerprint density at radius 3 is 2.37 bits per heavy atom. The predicted molar refractivity (Wildman–Crippen MR) is 166 cm³/mol. The molecule has 41 heavy (non-hydrogen) atoms. The molecule has 0 spiro atoms. The number of piperazine rings is 1. The summed E-state index contributed by atoms with van der Waals surface area (Å²) >= 11 is 0. The van der Waals surface area contributed by atoms with E-state index in [-0.39, 0.29) is 17.4 Å². The van der Waals surface area contributed by atoms with Crippen molar-refractivity contribution in [1.29, 1.82) is 0 Å². The molecule has 0 bridgehead atoms. The predicted octanol–water partition coefficient (Wildman–Crippen LogP) is 4.71. The van der Waals surface area contributed by atoms with E-state index in [1.54, 1.807) is 6.20 Å². The van der Waals surface area contributed by atoms with Gasteiger partial charge in [0.05, 0.1) is 5.69 Å². The van der Waals surface area contributed by atoms with Gasteiger partial charge in [-0.05, 0) is 74.8 Å². The van der Waals surface area contributed by atoms with Crippen LogP contribution in [0.15, 0.2) is 60.8 Å². The number of nitrogens with zero attached hydrogens (tertiary/aromatic N) is 5. The summed E-state index contributed by atoms with van der Waals surface area (Å²) in [6.07, 6.45) is 3.11. The number of aromatic nitrogens is 2. The van der Waals surface area contributed by atoms with Crippen molar-refractivity contribution in [2.24, 2.45) is 5.41 Å². The van der Waals surface area contributed by atoms with Crippen molar-refractivity contribution in [3.63, 3.8) is 0 Å². The van der Waals surface area contributed by atoms with E-state index >= 15 is 0 Å². The Morgan fingerprint density at radius 1 is 1.00 bits per heavy atom. The summed E-state index contributed by atoms with van der Waals surface area (Å²) in [5, 5.41) is 6.27. The molecular weight excluding hydrogens is 514 g/mol. The first kappa shape index (κ1) is 29.0. The molecule has 2 aliphatic heterocycles. The number of rotatable bonds is 10. The number of nitrogens with one attached hydrogen (secondary N) is 2. The van der Waals surface area contributed by atoms with Gasteiger partial charge in [0.25, 0.3) is 5.91 Å². The molecule has 2 saturated heterocycles. The van der Waals surface area contributed by atoms with E-state index in [2.05, 4.69) is 82.5 Å². The maximum Gasteiger partial charge on any atom is 0.253 e. The normalized spacial score (nSPS) is 18.1. The minimum absolute atomic E-state index is 0.0864. The van der Waals surface area contributed by atoms with Crippen molar-refractivity contribution in [3.8, 4) is 11.3 Å². The van der Waals surface area contributed by atoms with Gasteiger partial charge in [0.1, 0.15) is 6.10 Å². The third-order valence-corrected chi connectivity index (χ3v) is 7.58. The lowest BCUT2D eigenvalue weighted by Gasteiger charge is -2.40. The molecule has 1 aromatic heterocycles. The molecule has 0 unspecified atom stereocenters. The average Bonchev–Trinajstić information content (AvgIpc) is 3.49. The van der Waals surface area contributed by atoms with Gasteiger partial charge in [-0.2, -0.15) is 0 Å². The Bertz CT molecular complexity index is 1280. The molecule has 3 heterocycles. The summed E-state index contributed by atoms with van der Waals surface area (Å²) in [6.45, 7) is 11.8. The van der Waals surface area contributed by atoms with Crippen LogP contribution in [0.4, 0.5) is 23.0 Å². The number of benzene rings is 2. The van der Waals surface area contributed by atoms with E-state index in [1.807, 2.05) is 30.3 Å². The zero-order chi connectivity index (χ0) is 28.8. The first-order valence-corrected chi connectivity index (χ1v) is 14.6. The molecule has 2 N–H and O–H groups in total. The average molecular weight is 558 g/mol. The maximum atomic E-state index is 12.3. The summed E-state index contributed by atoms with van der Waals surface area (Å²) in [4.78, 5) is 28.8. The highest BCUT2D eigenvalue weighted by atomic mass is 16.5. The van der Waals surface area contributed by atoms with Crippen molar-refractivity contribution in [2.75, 3.05) is 75.5 Å². The van der Waals surface area contributed by atoms with Crippen LogP contribution in [-0.2, 0) is 9.53 Å². The molecular formula is C32H43N7O2.